The predicted molar refractivity (Wildman–Crippen MR) is 116 cm³/mol. The van der Waals surface area contributed by atoms with Crippen molar-refractivity contribution in [2.45, 2.75) is 32.0 Å². The Morgan fingerprint density at radius 1 is 1.23 bits per heavy atom. The van der Waals surface area contributed by atoms with Crippen LogP contribution in [0.4, 0.5) is 4.79 Å². The number of carbonyl (C=O) groups is 2. The van der Waals surface area contributed by atoms with E-state index in [9.17, 15) is 14.4 Å². The van der Waals surface area contributed by atoms with Gasteiger partial charge >= 0.3 is 12.0 Å². The number of nitrogens with zero attached hydrogens (tertiary/aromatic N) is 4. The summed E-state index contributed by atoms with van der Waals surface area (Å²) in [6, 6.07) is 6.94. The minimum atomic E-state index is -0.473. The van der Waals surface area contributed by atoms with Crippen LogP contribution in [-0.4, -0.2) is 50.1 Å². The van der Waals surface area contributed by atoms with Crippen molar-refractivity contribution in [1.29, 1.82) is 0 Å². The first-order chi connectivity index (χ1) is 15.0. The lowest BCUT2D eigenvalue weighted by Crippen LogP contribution is -2.44. The lowest BCUT2D eigenvalue weighted by Gasteiger charge is -2.20. The first kappa shape index (κ1) is 20.9. The fourth-order valence-electron chi connectivity index (χ4n) is 3.46. The number of para-hydroxylation sites is 1. The molecule has 2 N–H and O–H groups in total. The molecule has 0 aliphatic carbocycles. The maximum Gasteiger partial charge on any atom is 0.337 e. The van der Waals surface area contributed by atoms with Crippen molar-refractivity contribution in [2.24, 2.45) is 0 Å². The average Bonchev–Trinajstić information content (AvgIpc) is 3.19. The van der Waals surface area contributed by atoms with Gasteiger partial charge in [0, 0.05) is 18.0 Å². The van der Waals surface area contributed by atoms with E-state index in [1.165, 1.54) is 11.8 Å². The molecule has 2 amide bonds. The van der Waals surface area contributed by atoms with Crippen LogP contribution in [0.3, 0.4) is 0 Å². The smallest absolute Gasteiger partial charge is 0.337 e. The zero-order valence-corrected chi connectivity index (χ0v) is 18.0. The molecular formula is C20H22N6O4S. The Labute approximate surface area is 181 Å². The SMILES string of the molecule is CCCn1c(=O)c2ccccc2n2c(SCC3=C(C(=O)OCC)CNC(=O)N3)nnc12. The number of esters is 1. The number of amides is 2. The molecule has 1 aromatic carbocycles. The summed E-state index contributed by atoms with van der Waals surface area (Å²) in [4.78, 5) is 37.0. The second-order valence-corrected chi connectivity index (χ2v) is 7.81. The largest absolute Gasteiger partial charge is 0.463 e. The number of hydrogen-bond acceptors (Lipinski definition) is 7. The molecule has 3 aromatic rings. The van der Waals surface area contributed by atoms with E-state index in [4.69, 9.17) is 4.74 Å². The number of hydrogen-bond donors (Lipinski definition) is 2. The van der Waals surface area contributed by atoms with Crippen molar-refractivity contribution >= 4 is 40.4 Å². The minimum absolute atomic E-state index is 0.0973. The van der Waals surface area contributed by atoms with Gasteiger partial charge in [-0.25, -0.2) is 9.59 Å². The molecule has 2 aromatic heterocycles. The number of rotatable bonds is 7. The predicted octanol–water partition coefficient (Wildman–Crippen LogP) is 1.68. The number of thioether (sulfide) groups is 1. The van der Waals surface area contributed by atoms with Crippen molar-refractivity contribution in [3.63, 3.8) is 0 Å². The topological polar surface area (TPSA) is 120 Å². The highest BCUT2D eigenvalue weighted by Gasteiger charge is 2.24. The number of aryl methyl sites for hydroxylation is 1. The molecule has 1 aliphatic rings. The molecule has 0 atom stereocenters. The molecule has 0 saturated carbocycles. The Morgan fingerprint density at radius 2 is 2.03 bits per heavy atom. The second kappa shape index (κ2) is 8.80. The quantitative estimate of drug-likeness (QED) is 0.422. The van der Waals surface area contributed by atoms with Gasteiger partial charge in [0.05, 0.1) is 29.6 Å². The van der Waals surface area contributed by atoms with Gasteiger partial charge in [0.1, 0.15) is 0 Å². The van der Waals surface area contributed by atoms with E-state index >= 15 is 0 Å². The van der Waals surface area contributed by atoms with Gasteiger partial charge < -0.3 is 15.4 Å². The Balaban J connectivity index is 1.76. The summed E-state index contributed by atoms with van der Waals surface area (Å²) in [5, 5.41) is 15.0. The monoisotopic (exact) mass is 442 g/mol. The molecular weight excluding hydrogens is 420 g/mol. The van der Waals surface area contributed by atoms with Crippen LogP contribution in [0.5, 0.6) is 0 Å². The highest BCUT2D eigenvalue weighted by Crippen LogP contribution is 2.24. The minimum Gasteiger partial charge on any atom is -0.463 e. The summed E-state index contributed by atoms with van der Waals surface area (Å²) in [5.74, 6) is 0.268. The third-order valence-corrected chi connectivity index (χ3v) is 5.80. The van der Waals surface area contributed by atoms with Crippen LogP contribution in [0, 0.1) is 0 Å². The number of urea groups is 1. The molecule has 4 rings (SSSR count). The van der Waals surface area contributed by atoms with Crippen LogP contribution in [0.1, 0.15) is 20.3 Å². The number of benzene rings is 1. The van der Waals surface area contributed by atoms with E-state index in [1.807, 2.05) is 29.5 Å². The Morgan fingerprint density at radius 3 is 2.81 bits per heavy atom. The molecule has 3 heterocycles. The second-order valence-electron chi connectivity index (χ2n) is 6.87. The first-order valence-corrected chi connectivity index (χ1v) is 11.0. The molecule has 0 bridgehead atoms. The Hall–Kier alpha value is -3.34. The summed E-state index contributed by atoms with van der Waals surface area (Å²) < 4.78 is 8.56. The highest BCUT2D eigenvalue weighted by molar-refractivity contribution is 7.99. The van der Waals surface area contributed by atoms with Crippen LogP contribution in [0.15, 0.2) is 45.5 Å². The van der Waals surface area contributed by atoms with Gasteiger partial charge in [-0.15, -0.1) is 10.2 Å². The van der Waals surface area contributed by atoms with Gasteiger partial charge in [-0.2, -0.15) is 0 Å². The maximum absolute atomic E-state index is 12.9. The van der Waals surface area contributed by atoms with Gasteiger partial charge in [0.2, 0.25) is 5.78 Å². The third-order valence-electron chi connectivity index (χ3n) is 4.85. The van der Waals surface area contributed by atoms with Gasteiger partial charge in [-0.3, -0.25) is 13.8 Å². The van der Waals surface area contributed by atoms with Crippen LogP contribution in [0.2, 0.25) is 0 Å². The van der Waals surface area contributed by atoms with Crippen molar-refractivity contribution < 1.29 is 14.3 Å². The number of ether oxygens (including phenoxy) is 1. The van der Waals surface area contributed by atoms with Crippen molar-refractivity contribution in [1.82, 2.24) is 29.8 Å². The molecule has 1 aliphatic heterocycles. The number of fused-ring (bicyclic) bond motifs is 3. The molecule has 31 heavy (non-hydrogen) atoms. The molecule has 11 heteroatoms. The average molecular weight is 443 g/mol. The van der Waals surface area contributed by atoms with E-state index < -0.39 is 5.97 Å². The zero-order chi connectivity index (χ0) is 22.0. The highest BCUT2D eigenvalue weighted by atomic mass is 32.2. The zero-order valence-electron chi connectivity index (χ0n) is 17.2. The van der Waals surface area contributed by atoms with Crippen LogP contribution < -0.4 is 16.2 Å². The lowest BCUT2D eigenvalue weighted by atomic mass is 10.2. The van der Waals surface area contributed by atoms with E-state index in [0.29, 0.717) is 39.7 Å². The Bertz CT molecular complexity index is 1260. The molecule has 0 fully saturated rings. The van der Waals surface area contributed by atoms with Crippen LogP contribution >= 0.6 is 11.8 Å². The van der Waals surface area contributed by atoms with Crippen LogP contribution in [-0.2, 0) is 16.1 Å². The molecule has 0 saturated heterocycles. The van der Waals surface area contributed by atoms with Crippen LogP contribution in [0.25, 0.3) is 16.7 Å². The molecule has 10 nitrogen and oxygen atoms in total. The van der Waals surface area contributed by atoms with E-state index in [1.54, 1.807) is 17.6 Å². The maximum atomic E-state index is 12.9. The third kappa shape index (κ3) is 3.88. The summed E-state index contributed by atoms with van der Waals surface area (Å²) >= 11 is 1.32. The van der Waals surface area contributed by atoms with Gasteiger partial charge in [0.15, 0.2) is 5.16 Å². The standard InChI is InChI=1S/C20H22N6O4S/c1-3-9-25-16(27)12-7-5-6-8-15(12)26-19(25)23-24-20(26)31-11-14-13(17(28)30-4-2)10-21-18(29)22-14/h5-8H,3-4,9-11H2,1-2H3,(H2,21,22,29). The fourth-order valence-corrected chi connectivity index (χ4v) is 4.39. The van der Waals surface area contributed by atoms with Gasteiger partial charge in [-0.1, -0.05) is 30.8 Å². The Kier molecular flexibility index (Phi) is 5.94. The normalized spacial score (nSPS) is 14.1. The number of nitrogens with one attached hydrogen (secondary N) is 2. The van der Waals surface area contributed by atoms with E-state index in [2.05, 4.69) is 20.8 Å². The van der Waals surface area contributed by atoms with Gasteiger partial charge in [0.25, 0.3) is 5.56 Å². The van der Waals surface area contributed by atoms with Crippen molar-refractivity contribution in [3.05, 3.63) is 45.9 Å². The summed E-state index contributed by atoms with van der Waals surface area (Å²) in [6.07, 6.45) is 0.776. The van der Waals surface area contributed by atoms with E-state index in [0.717, 1.165) is 6.42 Å². The van der Waals surface area contributed by atoms with E-state index in [-0.39, 0.29) is 30.5 Å². The summed E-state index contributed by atoms with van der Waals surface area (Å²) in [7, 11) is 0. The number of carbonyl (C=O) groups excluding carboxylic acids is 2. The first-order valence-electron chi connectivity index (χ1n) is 9.98. The molecule has 0 spiro atoms. The van der Waals surface area contributed by atoms with Crippen molar-refractivity contribution in [3.8, 4) is 0 Å². The summed E-state index contributed by atoms with van der Waals surface area (Å²) in [6.45, 7) is 4.58. The molecule has 0 radical (unpaired) electrons. The molecule has 162 valence electrons. The van der Waals surface area contributed by atoms with Gasteiger partial charge in [-0.05, 0) is 25.5 Å². The lowest BCUT2D eigenvalue weighted by molar-refractivity contribution is -0.138. The van der Waals surface area contributed by atoms with Crippen molar-refractivity contribution in [2.75, 3.05) is 18.9 Å². The molecule has 0 unspecified atom stereocenters. The number of aromatic nitrogens is 4. The fraction of sp³-hybridized carbons (Fsp3) is 0.350. The summed E-state index contributed by atoms with van der Waals surface area (Å²) in [5.41, 5.74) is 1.44.